The van der Waals surface area contributed by atoms with Crippen molar-refractivity contribution in [3.05, 3.63) is 50.7 Å². The summed E-state index contributed by atoms with van der Waals surface area (Å²) in [5, 5.41) is 7.20. The number of carbonyl (C=O) groups is 1. The van der Waals surface area contributed by atoms with E-state index in [0.717, 1.165) is 42.2 Å². The van der Waals surface area contributed by atoms with Crippen molar-refractivity contribution < 1.29 is 4.79 Å². The van der Waals surface area contributed by atoms with Gasteiger partial charge in [0, 0.05) is 43.1 Å². The number of H-pyrrole nitrogens is 1. The highest BCUT2D eigenvalue weighted by atomic mass is 16.2. The van der Waals surface area contributed by atoms with E-state index >= 15 is 0 Å². The van der Waals surface area contributed by atoms with Crippen molar-refractivity contribution in [1.29, 1.82) is 0 Å². The number of piperidine rings is 1. The smallest absolute Gasteiger partial charge is 0.261 e. The number of rotatable bonds is 6. The van der Waals surface area contributed by atoms with Crippen LogP contribution in [-0.2, 0) is 20.1 Å². The molecule has 1 atom stereocenters. The first-order valence-electron chi connectivity index (χ1n) is 10.1. The second kappa shape index (κ2) is 8.73. The summed E-state index contributed by atoms with van der Waals surface area (Å²) in [7, 11) is 1.88. The van der Waals surface area contributed by atoms with E-state index in [2.05, 4.69) is 27.2 Å². The van der Waals surface area contributed by atoms with Gasteiger partial charge in [0.05, 0.1) is 5.69 Å². The van der Waals surface area contributed by atoms with Gasteiger partial charge in [0.25, 0.3) is 11.5 Å². The lowest BCUT2D eigenvalue weighted by Gasteiger charge is -2.35. The summed E-state index contributed by atoms with van der Waals surface area (Å²) in [6, 6.07) is 4.07. The van der Waals surface area contributed by atoms with Gasteiger partial charge >= 0.3 is 0 Å². The molecular weight excluding hydrogens is 354 g/mol. The molecule has 28 heavy (non-hydrogen) atoms. The van der Waals surface area contributed by atoms with E-state index in [1.54, 1.807) is 10.7 Å². The van der Waals surface area contributed by atoms with Crippen molar-refractivity contribution in [2.75, 3.05) is 6.54 Å². The molecule has 0 aliphatic carbocycles. The van der Waals surface area contributed by atoms with Gasteiger partial charge in [-0.2, -0.15) is 5.10 Å². The molecule has 2 aromatic rings. The molecular formula is C21H31N5O2. The normalized spacial score (nSPS) is 17.6. The van der Waals surface area contributed by atoms with Gasteiger partial charge in [-0.05, 0) is 51.8 Å². The molecule has 152 valence electrons. The molecule has 2 N–H and O–H groups in total. The Hall–Kier alpha value is -2.41. The number of nitrogens with one attached hydrogen (secondary N) is 2. The van der Waals surface area contributed by atoms with Crippen LogP contribution in [0.25, 0.3) is 0 Å². The van der Waals surface area contributed by atoms with E-state index in [9.17, 15) is 9.59 Å². The molecule has 1 amide bonds. The van der Waals surface area contributed by atoms with Gasteiger partial charge in [-0.3, -0.25) is 19.2 Å². The third-order valence-electron chi connectivity index (χ3n) is 5.89. The number of hydrogen-bond acceptors (Lipinski definition) is 4. The molecule has 1 aliphatic heterocycles. The van der Waals surface area contributed by atoms with Crippen LogP contribution < -0.4 is 10.9 Å². The predicted molar refractivity (Wildman–Crippen MR) is 109 cm³/mol. The summed E-state index contributed by atoms with van der Waals surface area (Å²) < 4.78 is 1.79. The Balaban J connectivity index is 1.66. The van der Waals surface area contributed by atoms with Crippen LogP contribution in [0.15, 0.2) is 16.9 Å². The highest BCUT2D eigenvalue weighted by molar-refractivity contribution is 5.93. The topological polar surface area (TPSA) is 83.0 Å². The number of aromatic nitrogens is 3. The zero-order valence-electron chi connectivity index (χ0n) is 17.3. The van der Waals surface area contributed by atoms with Crippen molar-refractivity contribution in [2.45, 2.75) is 65.6 Å². The van der Waals surface area contributed by atoms with Gasteiger partial charge < -0.3 is 10.3 Å². The minimum atomic E-state index is -0.361. The summed E-state index contributed by atoms with van der Waals surface area (Å²) in [6.07, 6.45) is 4.82. The molecule has 7 nitrogen and oxygen atoms in total. The average molecular weight is 386 g/mol. The van der Waals surface area contributed by atoms with E-state index < -0.39 is 0 Å². The highest BCUT2D eigenvalue weighted by Gasteiger charge is 2.21. The first-order chi connectivity index (χ1) is 13.4. The Labute approximate surface area is 166 Å². The largest absolute Gasteiger partial charge is 0.348 e. The summed E-state index contributed by atoms with van der Waals surface area (Å²) in [5.74, 6) is -0.361. The maximum Gasteiger partial charge on any atom is 0.261 e. The Bertz CT molecular complexity index is 899. The van der Waals surface area contributed by atoms with Crippen molar-refractivity contribution in [3.8, 4) is 0 Å². The molecule has 1 unspecified atom stereocenters. The lowest BCUT2D eigenvalue weighted by atomic mass is 10.00. The summed E-state index contributed by atoms with van der Waals surface area (Å²) in [5.41, 5.74) is 3.56. The molecule has 2 aromatic heterocycles. The molecule has 0 bridgehead atoms. The SMILES string of the molecule is CCC1CCCCN1Cc1ccc(C(=O)NCc2c(C)nn(C)c2C)c(=O)[nH]1. The fourth-order valence-electron chi connectivity index (χ4n) is 4.07. The number of aryl methyl sites for hydroxylation is 2. The van der Waals surface area contributed by atoms with Crippen LogP contribution in [0.2, 0.25) is 0 Å². The lowest BCUT2D eigenvalue weighted by Crippen LogP contribution is -2.39. The molecule has 0 saturated carbocycles. The molecule has 1 fully saturated rings. The van der Waals surface area contributed by atoms with Gasteiger partial charge in [0.2, 0.25) is 0 Å². The number of likely N-dealkylation sites (tertiary alicyclic amines) is 1. The fourth-order valence-corrected chi connectivity index (χ4v) is 4.07. The zero-order chi connectivity index (χ0) is 20.3. The van der Waals surface area contributed by atoms with Gasteiger partial charge in [0.1, 0.15) is 5.56 Å². The summed E-state index contributed by atoms with van der Waals surface area (Å²) >= 11 is 0. The van der Waals surface area contributed by atoms with Crippen LogP contribution in [0.4, 0.5) is 0 Å². The van der Waals surface area contributed by atoms with E-state index in [0.29, 0.717) is 12.6 Å². The molecule has 0 spiro atoms. The average Bonchev–Trinajstić information content (AvgIpc) is 2.92. The van der Waals surface area contributed by atoms with Crippen LogP contribution in [0.5, 0.6) is 0 Å². The van der Waals surface area contributed by atoms with Crippen molar-refractivity contribution in [2.24, 2.45) is 7.05 Å². The summed E-state index contributed by atoms with van der Waals surface area (Å²) in [6.45, 7) is 8.24. The Morgan fingerprint density at radius 3 is 2.75 bits per heavy atom. The minimum Gasteiger partial charge on any atom is -0.348 e. The Kier molecular flexibility index (Phi) is 6.34. The van der Waals surface area contributed by atoms with Crippen LogP contribution in [0, 0.1) is 13.8 Å². The molecule has 0 aromatic carbocycles. The Morgan fingerprint density at radius 2 is 2.11 bits per heavy atom. The quantitative estimate of drug-likeness (QED) is 0.800. The van der Waals surface area contributed by atoms with E-state index in [4.69, 9.17) is 0 Å². The lowest BCUT2D eigenvalue weighted by molar-refractivity contribution is 0.0949. The van der Waals surface area contributed by atoms with Gasteiger partial charge in [-0.1, -0.05) is 13.3 Å². The Morgan fingerprint density at radius 1 is 1.32 bits per heavy atom. The maximum atomic E-state index is 12.5. The first-order valence-corrected chi connectivity index (χ1v) is 10.1. The monoisotopic (exact) mass is 385 g/mol. The van der Waals surface area contributed by atoms with Gasteiger partial charge in [-0.15, -0.1) is 0 Å². The standard InChI is InChI=1S/C21H31N5O2/c1-5-17-8-6-7-11-26(17)13-16-9-10-18(21(28)23-16)20(27)22-12-19-14(2)24-25(4)15(19)3/h9-10,17H,5-8,11-13H2,1-4H3,(H,22,27)(H,23,28). The number of nitrogens with zero attached hydrogens (tertiary/aromatic N) is 3. The van der Waals surface area contributed by atoms with E-state index in [1.807, 2.05) is 27.0 Å². The van der Waals surface area contributed by atoms with E-state index in [-0.39, 0.29) is 17.0 Å². The number of pyridine rings is 1. The predicted octanol–water partition coefficient (Wildman–Crippen LogP) is 2.42. The van der Waals surface area contributed by atoms with Crippen molar-refractivity contribution in [1.82, 2.24) is 25.0 Å². The van der Waals surface area contributed by atoms with Gasteiger partial charge in [0.15, 0.2) is 0 Å². The number of aromatic amines is 1. The number of hydrogen-bond donors (Lipinski definition) is 2. The van der Waals surface area contributed by atoms with Crippen LogP contribution in [0.1, 0.15) is 65.6 Å². The van der Waals surface area contributed by atoms with Crippen LogP contribution in [0.3, 0.4) is 0 Å². The molecule has 0 radical (unpaired) electrons. The zero-order valence-corrected chi connectivity index (χ0v) is 17.3. The second-order valence-corrected chi connectivity index (χ2v) is 7.71. The van der Waals surface area contributed by atoms with Crippen molar-refractivity contribution in [3.63, 3.8) is 0 Å². The third kappa shape index (κ3) is 4.35. The van der Waals surface area contributed by atoms with Crippen LogP contribution >= 0.6 is 0 Å². The van der Waals surface area contributed by atoms with Crippen LogP contribution in [-0.4, -0.2) is 38.2 Å². The second-order valence-electron chi connectivity index (χ2n) is 7.71. The molecule has 3 heterocycles. The summed E-state index contributed by atoms with van der Waals surface area (Å²) in [4.78, 5) is 30.3. The molecule has 7 heteroatoms. The molecule has 3 rings (SSSR count). The fraction of sp³-hybridized carbons (Fsp3) is 0.571. The highest BCUT2D eigenvalue weighted by Crippen LogP contribution is 2.21. The first kappa shape index (κ1) is 20.3. The number of carbonyl (C=O) groups excluding carboxylic acids is 1. The molecule has 1 aliphatic rings. The number of amides is 1. The minimum absolute atomic E-state index is 0.147. The molecule has 1 saturated heterocycles. The third-order valence-corrected chi connectivity index (χ3v) is 5.89. The van der Waals surface area contributed by atoms with E-state index in [1.165, 1.54) is 19.3 Å². The van der Waals surface area contributed by atoms with Crippen molar-refractivity contribution >= 4 is 5.91 Å². The maximum absolute atomic E-state index is 12.5. The van der Waals surface area contributed by atoms with Gasteiger partial charge in [-0.25, -0.2) is 0 Å².